The molecule has 0 unspecified atom stereocenters. The van der Waals surface area contributed by atoms with Gasteiger partial charge in [0.05, 0.1) is 11.7 Å². The fourth-order valence-corrected chi connectivity index (χ4v) is 3.71. The molecule has 2 aliphatic heterocycles. The number of carbonyl (C=O) groups is 1. The second kappa shape index (κ2) is 7.00. The summed E-state index contributed by atoms with van der Waals surface area (Å²) in [4.78, 5) is 17.2. The summed E-state index contributed by atoms with van der Waals surface area (Å²) in [5.41, 5.74) is 3.84. The van der Waals surface area contributed by atoms with Crippen LogP contribution in [-0.4, -0.2) is 44.2 Å². The van der Waals surface area contributed by atoms with Crippen LogP contribution in [0.5, 0.6) is 0 Å². The van der Waals surface area contributed by atoms with Gasteiger partial charge in [0.25, 0.3) is 5.91 Å². The normalized spacial score (nSPS) is 22.1. The fraction of sp³-hybridized carbons (Fsp3) is 0.381. The highest BCUT2D eigenvalue weighted by Gasteiger charge is 2.35. The standard InChI is InChI=1S/C21H25N3O2/c1-23(2)16-11-9-15(10-12-16)20-22-19-8-4-3-7-18(19)21(25)24(20)14-17-6-5-13-26-17/h3-4,7-12,17,20,22H,5-6,13-14H2,1-2H3/t17-,20+/m0/s1. The smallest absolute Gasteiger partial charge is 0.257 e. The highest BCUT2D eigenvalue weighted by molar-refractivity contribution is 6.01. The third kappa shape index (κ3) is 3.15. The Labute approximate surface area is 154 Å². The molecule has 136 valence electrons. The van der Waals surface area contributed by atoms with E-state index in [1.165, 1.54) is 0 Å². The third-order valence-corrected chi connectivity index (χ3v) is 5.17. The Morgan fingerprint density at radius 1 is 1.15 bits per heavy atom. The van der Waals surface area contributed by atoms with Crippen molar-refractivity contribution in [3.05, 3.63) is 59.7 Å². The number of anilines is 2. The van der Waals surface area contributed by atoms with E-state index in [9.17, 15) is 4.79 Å². The average Bonchev–Trinajstić information content (AvgIpc) is 3.17. The van der Waals surface area contributed by atoms with Crippen LogP contribution in [0, 0.1) is 0 Å². The topological polar surface area (TPSA) is 44.8 Å². The molecule has 2 heterocycles. The number of rotatable bonds is 4. The lowest BCUT2D eigenvalue weighted by molar-refractivity contribution is 0.0427. The molecule has 4 rings (SSSR count). The Bertz CT molecular complexity index is 782. The molecule has 5 heteroatoms. The SMILES string of the molecule is CN(C)c1ccc([C@@H]2Nc3ccccc3C(=O)N2C[C@@H]2CCCO2)cc1. The molecular formula is C21H25N3O2. The molecule has 2 atom stereocenters. The lowest BCUT2D eigenvalue weighted by atomic mass is 10.0. The average molecular weight is 351 g/mol. The Morgan fingerprint density at radius 2 is 1.92 bits per heavy atom. The van der Waals surface area contributed by atoms with Crippen molar-refractivity contribution in [1.82, 2.24) is 4.90 Å². The van der Waals surface area contributed by atoms with Crippen LogP contribution >= 0.6 is 0 Å². The lowest BCUT2D eigenvalue weighted by Crippen LogP contribution is -2.46. The second-order valence-electron chi connectivity index (χ2n) is 7.17. The van der Waals surface area contributed by atoms with E-state index in [0.717, 1.165) is 42.0 Å². The highest BCUT2D eigenvalue weighted by atomic mass is 16.5. The van der Waals surface area contributed by atoms with Gasteiger partial charge in [-0.2, -0.15) is 0 Å². The predicted octanol–water partition coefficient (Wildman–Crippen LogP) is 3.50. The monoisotopic (exact) mass is 351 g/mol. The van der Waals surface area contributed by atoms with Gasteiger partial charge in [-0.15, -0.1) is 0 Å². The molecule has 1 amide bonds. The van der Waals surface area contributed by atoms with Gasteiger partial charge < -0.3 is 19.9 Å². The summed E-state index contributed by atoms with van der Waals surface area (Å²) in [6.07, 6.45) is 2.02. The van der Waals surface area contributed by atoms with E-state index in [-0.39, 0.29) is 18.2 Å². The molecule has 0 radical (unpaired) electrons. The molecule has 0 aromatic heterocycles. The van der Waals surface area contributed by atoms with Crippen molar-refractivity contribution in [2.24, 2.45) is 0 Å². The maximum Gasteiger partial charge on any atom is 0.257 e. The number of ether oxygens (including phenoxy) is 1. The summed E-state index contributed by atoms with van der Waals surface area (Å²) in [6.45, 7) is 1.40. The lowest BCUT2D eigenvalue weighted by Gasteiger charge is -2.39. The van der Waals surface area contributed by atoms with Gasteiger partial charge in [-0.3, -0.25) is 4.79 Å². The molecule has 2 aromatic rings. The van der Waals surface area contributed by atoms with Crippen LogP contribution in [0.3, 0.4) is 0 Å². The van der Waals surface area contributed by atoms with E-state index < -0.39 is 0 Å². The van der Waals surface area contributed by atoms with E-state index in [4.69, 9.17) is 4.74 Å². The minimum atomic E-state index is -0.183. The largest absolute Gasteiger partial charge is 0.378 e. The van der Waals surface area contributed by atoms with Gasteiger partial charge in [-0.05, 0) is 42.7 Å². The Hall–Kier alpha value is -2.53. The molecule has 2 aromatic carbocycles. The summed E-state index contributed by atoms with van der Waals surface area (Å²) in [6, 6.07) is 16.1. The van der Waals surface area contributed by atoms with Crippen molar-refractivity contribution in [3.63, 3.8) is 0 Å². The van der Waals surface area contributed by atoms with Gasteiger partial charge in [-0.1, -0.05) is 24.3 Å². The molecular weight excluding hydrogens is 326 g/mol. The van der Waals surface area contributed by atoms with Crippen LogP contribution in [0.25, 0.3) is 0 Å². The van der Waals surface area contributed by atoms with Gasteiger partial charge in [-0.25, -0.2) is 0 Å². The van der Waals surface area contributed by atoms with Crippen molar-refractivity contribution in [3.8, 4) is 0 Å². The maximum absolute atomic E-state index is 13.2. The zero-order chi connectivity index (χ0) is 18.1. The first-order valence-corrected chi connectivity index (χ1v) is 9.19. The minimum absolute atomic E-state index is 0.0662. The van der Waals surface area contributed by atoms with Crippen LogP contribution in [0.2, 0.25) is 0 Å². The van der Waals surface area contributed by atoms with Crippen LogP contribution < -0.4 is 10.2 Å². The molecule has 1 N–H and O–H groups in total. The Kier molecular flexibility index (Phi) is 4.55. The summed E-state index contributed by atoms with van der Waals surface area (Å²) < 4.78 is 5.80. The molecule has 1 saturated heterocycles. The van der Waals surface area contributed by atoms with Crippen molar-refractivity contribution in [2.45, 2.75) is 25.1 Å². The van der Waals surface area contributed by atoms with Crippen molar-refractivity contribution in [1.29, 1.82) is 0 Å². The van der Waals surface area contributed by atoms with E-state index >= 15 is 0 Å². The number of hydrogen-bond donors (Lipinski definition) is 1. The summed E-state index contributed by atoms with van der Waals surface area (Å²) in [5.74, 6) is 0.0662. The first kappa shape index (κ1) is 16.9. The molecule has 0 saturated carbocycles. The number of hydrogen-bond acceptors (Lipinski definition) is 4. The highest BCUT2D eigenvalue weighted by Crippen LogP contribution is 2.34. The van der Waals surface area contributed by atoms with Gasteiger partial charge in [0.1, 0.15) is 6.17 Å². The van der Waals surface area contributed by atoms with Crippen LogP contribution in [0.15, 0.2) is 48.5 Å². The molecule has 0 bridgehead atoms. The molecule has 1 fully saturated rings. The van der Waals surface area contributed by atoms with E-state index in [1.54, 1.807) is 0 Å². The number of carbonyl (C=O) groups excluding carboxylic acids is 1. The first-order valence-electron chi connectivity index (χ1n) is 9.19. The fourth-order valence-electron chi connectivity index (χ4n) is 3.71. The number of para-hydroxylation sites is 1. The van der Waals surface area contributed by atoms with Gasteiger partial charge in [0, 0.05) is 38.6 Å². The van der Waals surface area contributed by atoms with E-state index in [0.29, 0.717) is 6.54 Å². The molecule has 0 spiro atoms. The van der Waals surface area contributed by atoms with Gasteiger partial charge in [0.2, 0.25) is 0 Å². The molecule has 0 aliphatic carbocycles. The summed E-state index contributed by atoms with van der Waals surface area (Å²) in [5, 5.41) is 3.55. The van der Waals surface area contributed by atoms with Crippen LogP contribution in [0.1, 0.15) is 34.9 Å². The maximum atomic E-state index is 13.2. The van der Waals surface area contributed by atoms with Crippen molar-refractivity contribution >= 4 is 17.3 Å². The van der Waals surface area contributed by atoms with Crippen molar-refractivity contribution in [2.75, 3.05) is 37.5 Å². The number of fused-ring (bicyclic) bond motifs is 1. The zero-order valence-corrected chi connectivity index (χ0v) is 15.3. The number of benzene rings is 2. The molecule has 5 nitrogen and oxygen atoms in total. The van der Waals surface area contributed by atoms with Crippen molar-refractivity contribution < 1.29 is 9.53 Å². The zero-order valence-electron chi connectivity index (χ0n) is 15.3. The number of nitrogens with zero attached hydrogens (tertiary/aromatic N) is 2. The third-order valence-electron chi connectivity index (χ3n) is 5.17. The van der Waals surface area contributed by atoms with Crippen LogP contribution in [-0.2, 0) is 4.74 Å². The second-order valence-corrected chi connectivity index (χ2v) is 7.17. The van der Waals surface area contributed by atoms with Crippen LogP contribution in [0.4, 0.5) is 11.4 Å². The number of nitrogens with one attached hydrogen (secondary N) is 1. The summed E-state index contributed by atoms with van der Waals surface area (Å²) >= 11 is 0. The Balaban J connectivity index is 1.68. The predicted molar refractivity (Wildman–Crippen MR) is 104 cm³/mol. The quantitative estimate of drug-likeness (QED) is 0.916. The Morgan fingerprint density at radius 3 is 2.62 bits per heavy atom. The number of amides is 1. The van der Waals surface area contributed by atoms with Gasteiger partial charge in [0.15, 0.2) is 0 Å². The summed E-state index contributed by atoms with van der Waals surface area (Å²) in [7, 11) is 4.05. The van der Waals surface area contributed by atoms with E-state index in [2.05, 4.69) is 34.5 Å². The minimum Gasteiger partial charge on any atom is -0.378 e. The molecule has 2 aliphatic rings. The van der Waals surface area contributed by atoms with Gasteiger partial charge >= 0.3 is 0 Å². The first-order chi connectivity index (χ1) is 12.6. The van der Waals surface area contributed by atoms with E-state index in [1.807, 2.05) is 43.3 Å². The molecule has 26 heavy (non-hydrogen) atoms.